The van der Waals surface area contributed by atoms with Crippen LogP contribution < -0.4 is 5.32 Å². The summed E-state index contributed by atoms with van der Waals surface area (Å²) < 4.78 is 0. The molecule has 1 unspecified atom stereocenters. The maximum absolute atomic E-state index is 12.1. The minimum atomic E-state index is -2.19. The number of rotatable bonds is 2. The van der Waals surface area contributed by atoms with Gasteiger partial charge in [0.05, 0.1) is 5.69 Å². The molecule has 6 nitrogen and oxygen atoms in total. The van der Waals surface area contributed by atoms with E-state index in [0.717, 1.165) is 0 Å². The summed E-state index contributed by atoms with van der Waals surface area (Å²) in [6.07, 6.45) is -0.168. The summed E-state index contributed by atoms with van der Waals surface area (Å²) in [5, 5.41) is 13.5. The van der Waals surface area contributed by atoms with E-state index in [4.69, 9.17) is 0 Å². The molecule has 0 aromatic heterocycles. The second-order valence-electron chi connectivity index (χ2n) is 3.80. The smallest absolute Gasteiger partial charge is 0.319 e. The van der Waals surface area contributed by atoms with Gasteiger partial charge in [-0.25, -0.2) is 0 Å². The van der Waals surface area contributed by atoms with Gasteiger partial charge in [0, 0.05) is 16.9 Å². The predicted octanol–water partition coefficient (Wildman–Crippen LogP) is 1.25. The molecule has 0 radical (unpaired) electrons. The number of amides is 1. The lowest BCUT2D eigenvalue weighted by Crippen LogP contribution is -2.58. The summed E-state index contributed by atoms with van der Waals surface area (Å²) in [6, 6.07) is 6.28. The number of anilines is 1. The topological polar surface area (TPSA) is 89.3 Å². The van der Waals surface area contributed by atoms with Crippen molar-refractivity contribution in [3.8, 4) is 0 Å². The first kappa shape index (κ1) is 11.3. The van der Waals surface area contributed by atoms with Crippen LogP contribution in [-0.4, -0.2) is 22.2 Å². The first-order chi connectivity index (χ1) is 8.04. The number of nitrogens with one attached hydrogen (secondary N) is 1. The molecule has 1 amide bonds. The predicted molar refractivity (Wildman–Crippen MR) is 59.4 cm³/mol. The Hall–Kier alpha value is -2.24. The molecular weight excluding hydrogens is 224 g/mol. The third-order valence-corrected chi connectivity index (χ3v) is 2.99. The van der Waals surface area contributed by atoms with Crippen LogP contribution in [0.1, 0.15) is 23.7 Å². The maximum atomic E-state index is 12.1. The Morgan fingerprint density at radius 2 is 2.00 bits per heavy atom. The minimum Gasteiger partial charge on any atom is -0.319 e. The molecule has 1 heterocycles. The fourth-order valence-corrected chi connectivity index (χ4v) is 1.96. The number of fused-ring (bicyclic) bond motifs is 1. The standard InChI is InChI=1S/C11H10N2O4/c1-2-11(13(16)17)9(14)7-5-3-4-6-8(7)12-10(11)15/h3-6H,2H2,1H3,(H,12,15). The van der Waals surface area contributed by atoms with Gasteiger partial charge in [-0.15, -0.1) is 0 Å². The molecule has 17 heavy (non-hydrogen) atoms. The first-order valence-electron chi connectivity index (χ1n) is 5.14. The van der Waals surface area contributed by atoms with Crippen LogP contribution in [0.25, 0.3) is 0 Å². The number of hydrogen-bond donors (Lipinski definition) is 1. The van der Waals surface area contributed by atoms with E-state index >= 15 is 0 Å². The SMILES string of the molecule is CCC1([N+](=O)[O-])C(=O)Nc2ccccc2C1=O. The van der Waals surface area contributed by atoms with Crippen LogP contribution in [0.3, 0.4) is 0 Å². The second-order valence-corrected chi connectivity index (χ2v) is 3.80. The van der Waals surface area contributed by atoms with Gasteiger partial charge in [-0.1, -0.05) is 19.1 Å². The van der Waals surface area contributed by atoms with E-state index in [1.165, 1.54) is 13.0 Å². The number of ketones is 1. The van der Waals surface area contributed by atoms with Gasteiger partial charge >= 0.3 is 11.4 Å². The van der Waals surface area contributed by atoms with Gasteiger partial charge in [0.25, 0.3) is 5.78 Å². The Morgan fingerprint density at radius 1 is 1.35 bits per heavy atom. The van der Waals surface area contributed by atoms with Crippen molar-refractivity contribution in [1.82, 2.24) is 0 Å². The number of carbonyl (C=O) groups excluding carboxylic acids is 2. The molecule has 0 spiro atoms. The Morgan fingerprint density at radius 3 is 2.59 bits per heavy atom. The van der Waals surface area contributed by atoms with E-state index in [-0.39, 0.29) is 12.0 Å². The number of hydrogen-bond acceptors (Lipinski definition) is 4. The molecular formula is C11H10N2O4. The van der Waals surface area contributed by atoms with Crippen molar-refractivity contribution < 1.29 is 14.5 Å². The van der Waals surface area contributed by atoms with E-state index in [1.807, 2.05) is 0 Å². The quantitative estimate of drug-likeness (QED) is 0.473. The molecule has 1 aromatic carbocycles. The van der Waals surface area contributed by atoms with Crippen molar-refractivity contribution >= 4 is 17.4 Å². The van der Waals surface area contributed by atoms with Gasteiger partial charge in [-0.2, -0.15) is 0 Å². The zero-order valence-corrected chi connectivity index (χ0v) is 9.10. The van der Waals surface area contributed by atoms with Gasteiger partial charge in [0.2, 0.25) is 0 Å². The maximum Gasteiger partial charge on any atom is 0.359 e. The Labute approximate surface area is 96.8 Å². The van der Waals surface area contributed by atoms with Crippen molar-refractivity contribution in [2.24, 2.45) is 0 Å². The van der Waals surface area contributed by atoms with Crippen LogP contribution in [0.4, 0.5) is 5.69 Å². The van der Waals surface area contributed by atoms with Crippen LogP contribution in [0.15, 0.2) is 24.3 Å². The van der Waals surface area contributed by atoms with Crippen molar-refractivity contribution in [1.29, 1.82) is 0 Å². The highest BCUT2D eigenvalue weighted by molar-refractivity contribution is 6.26. The van der Waals surface area contributed by atoms with E-state index in [9.17, 15) is 19.7 Å². The molecule has 1 aliphatic heterocycles. The fourth-order valence-electron chi connectivity index (χ4n) is 1.96. The third kappa shape index (κ3) is 1.33. The van der Waals surface area contributed by atoms with Gasteiger partial charge in [0.15, 0.2) is 0 Å². The number of benzene rings is 1. The van der Waals surface area contributed by atoms with E-state index in [0.29, 0.717) is 5.69 Å². The van der Waals surface area contributed by atoms with E-state index in [2.05, 4.69) is 5.32 Å². The van der Waals surface area contributed by atoms with Crippen LogP contribution in [0.2, 0.25) is 0 Å². The third-order valence-electron chi connectivity index (χ3n) is 2.99. The molecule has 0 aliphatic carbocycles. The summed E-state index contributed by atoms with van der Waals surface area (Å²) in [4.78, 5) is 34.2. The Bertz CT molecular complexity index is 526. The van der Waals surface area contributed by atoms with Crippen molar-refractivity contribution in [2.75, 3.05) is 5.32 Å². The highest BCUT2D eigenvalue weighted by Crippen LogP contribution is 2.31. The van der Waals surface area contributed by atoms with Crippen LogP contribution in [0, 0.1) is 10.1 Å². The lowest BCUT2D eigenvalue weighted by atomic mass is 9.83. The van der Waals surface area contributed by atoms with Crippen LogP contribution >= 0.6 is 0 Å². The average molecular weight is 234 g/mol. The fraction of sp³-hybridized carbons (Fsp3) is 0.273. The lowest BCUT2D eigenvalue weighted by molar-refractivity contribution is -0.533. The van der Waals surface area contributed by atoms with Crippen molar-refractivity contribution in [3.63, 3.8) is 0 Å². The molecule has 6 heteroatoms. The zero-order chi connectivity index (χ0) is 12.6. The number of Topliss-reactive ketones (excluding diaryl/α,β-unsaturated/α-hetero) is 1. The second kappa shape index (κ2) is 3.65. The molecule has 2 rings (SSSR count). The zero-order valence-electron chi connectivity index (χ0n) is 9.10. The summed E-state index contributed by atoms with van der Waals surface area (Å²) >= 11 is 0. The molecule has 1 aliphatic rings. The van der Waals surface area contributed by atoms with E-state index in [1.54, 1.807) is 18.2 Å². The Kier molecular flexibility index (Phi) is 2.42. The molecule has 0 saturated heterocycles. The van der Waals surface area contributed by atoms with Crippen molar-refractivity contribution in [2.45, 2.75) is 18.9 Å². The summed E-state index contributed by atoms with van der Waals surface area (Å²) in [6.45, 7) is 1.45. The minimum absolute atomic E-state index is 0.168. The molecule has 0 bridgehead atoms. The van der Waals surface area contributed by atoms with Crippen molar-refractivity contribution in [3.05, 3.63) is 39.9 Å². The van der Waals surface area contributed by atoms with Gasteiger partial charge in [0.1, 0.15) is 0 Å². The molecule has 88 valence electrons. The highest BCUT2D eigenvalue weighted by atomic mass is 16.6. The van der Waals surface area contributed by atoms with Gasteiger partial charge in [-0.3, -0.25) is 19.7 Å². The highest BCUT2D eigenvalue weighted by Gasteiger charge is 2.59. The van der Waals surface area contributed by atoms with Gasteiger partial charge in [-0.05, 0) is 12.1 Å². The average Bonchev–Trinajstić information content (AvgIpc) is 2.29. The van der Waals surface area contributed by atoms with Crippen LogP contribution in [-0.2, 0) is 4.79 Å². The molecule has 0 fully saturated rings. The lowest BCUT2D eigenvalue weighted by Gasteiger charge is -2.27. The Balaban J connectivity index is 2.65. The molecule has 1 aromatic rings. The normalized spacial score (nSPS) is 22.9. The van der Waals surface area contributed by atoms with E-state index < -0.39 is 22.2 Å². The molecule has 1 atom stereocenters. The molecule has 0 saturated carbocycles. The summed E-state index contributed by atoms with van der Waals surface area (Å²) in [5.74, 6) is -1.61. The van der Waals surface area contributed by atoms with Gasteiger partial charge < -0.3 is 5.32 Å². The summed E-state index contributed by atoms with van der Waals surface area (Å²) in [7, 11) is 0. The molecule has 1 N–H and O–H groups in total. The number of para-hydroxylation sites is 1. The number of carbonyl (C=O) groups is 2. The largest absolute Gasteiger partial charge is 0.359 e. The first-order valence-corrected chi connectivity index (χ1v) is 5.14. The number of nitrogens with zero attached hydrogens (tertiary/aromatic N) is 1. The monoisotopic (exact) mass is 234 g/mol. The van der Waals surface area contributed by atoms with Crippen LogP contribution in [0.5, 0.6) is 0 Å². The summed E-state index contributed by atoms with van der Waals surface area (Å²) in [5.41, 5.74) is -1.67. The number of nitro groups is 1.